The molecule has 0 amide bonds. The van der Waals surface area contributed by atoms with E-state index in [1.807, 2.05) is 38.1 Å². The van der Waals surface area contributed by atoms with E-state index >= 15 is 0 Å². The van der Waals surface area contributed by atoms with Gasteiger partial charge in [0.1, 0.15) is 6.61 Å². The number of rotatable bonds is 6. The average molecular weight is 243 g/mol. The van der Waals surface area contributed by atoms with Gasteiger partial charge in [0.05, 0.1) is 6.10 Å². The summed E-state index contributed by atoms with van der Waals surface area (Å²) in [4.78, 5) is 0. The normalized spacial score (nSPS) is 14.9. The molecule has 0 aromatic heterocycles. The van der Waals surface area contributed by atoms with E-state index in [2.05, 4.69) is 0 Å². The van der Waals surface area contributed by atoms with Crippen molar-refractivity contribution in [2.75, 3.05) is 6.61 Å². The van der Waals surface area contributed by atoms with Crippen LogP contribution in [0.4, 0.5) is 8.78 Å². The van der Waals surface area contributed by atoms with Crippen LogP contribution < -0.4 is 5.73 Å². The second-order valence-electron chi connectivity index (χ2n) is 4.07. The predicted molar refractivity (Wildman–Crippen MR) is 64.1 cm³/mol. The van der Waals surface area contributed by atoms with Gasteiger partial charge in [-0.3, -0.25) is 0 Å². The van der Waals surface area contributed by atoms with E-state index in [1.165, 1.54) is 0 Å². The molecular formula is C13H19F2NO. The Bertz CT molecular complexity index is 344. The Hall–Kier alpha value is -1.00. The van der Waals surface area contributed by atoms with Crippen molar-refractivity contribution in [2.45, 2.75) is 38.8 Å². The largest absolute Gasteiger partial charge is 0.366 e. The summed E-state index contributed by atoms with van der Waals surface area (Å²) in [6, 6.07) is 7.30. The molecule has 4 heteroatoms. The molecule has 0 radical (unpaired) electrons. The molecule has 2 unspecified atom stereocenters. The third-order valence-electron chi connectivity index (χ3n) is 2.76. The molecule has 0 aliphatic heterocycles. The molecule has 1 rings (SSSR count). The van der Waals surface area contributed by atoms with Crippen LogP contribution >= 0.6 is 0 Å². The fourth-order valence-corrected chi connectivity index (χ4v) is 1.74. The van der Waals surface area contributed by atoms with Gasteiger partial charge in [0.2, 0.25) is 0 Å². The molecule has 0 bridgehead atoms. The van der Waals surface area contributed by atoms with Crippen molar-refractivity contribution in [3.05, 3.63) is 35.4 Å². The zero-order valence-electron chi connectivity index (χ0n) is 10.2. The highest BCUT2D eigenvalue weighted by atomic mass is 19.3. The van der Waals surface area contributed by atoms with Gasteiger partial charge in [-0.15, -0.1) is 0 Å². The summed E-state index contributed by atoms with van der Waals surface area (Å²) in [6.45, 7) is 3.27. The quantitative estimate of drug-likeness (QED) is 0.833. The highest BCUT2D eigenvalue weighted by Crippen LogP contribution is 2.25. The SMILES string of the molecule is CCC(N)C(OCC(F)F)c1ccccc1C. The standard InChI is InChI=1S/C13H19F2NO/c1-3-11(16)13(17-8-12(14)15)10-7-5-4-6-9(10)2/h4-7,11-13H,3,8,16H2,1-2H3. The van der Waals surface area contributed by atoms with Gasteiger partial charge in [-0.1, -0.05) is 31.2 Å². The monoisotopic (exact) mass is 243 g/mol. The highest BCUT2D eigenvalue weighted by molar-refractivity contribution is 5.28. The maximum Gasteiger partial charge on any atom is 0.261 e. The molecule has 0 fully saturated rings. The first kappa shape index (κ1) is 14.1. The van der Waals surface area contributed by atoms with E-state index < -0.39 is 19.1 Å². The van der Waals surface area contributed by atoms with Crippen LogP contribution in [0.3, 0.4) is 0 Å². The van der Waals surface area contributed by atoms with E-state index in [-0.39, 0.29) is 6.04 Å². The van der Waals surface area contributed by atoms with Gasteiger partial charge in [0, 0.05) is 6.04 Å². The zero-order chi connectivity index (χ0) is 12.8. The Morgan fingerprint density at radius 2 is 1.94 bits per heavy atom. The molecule has 17 heavy (non-hydrogen) atoms. The Kier molecular flexibility index (Phi) is 5.51. The van der Waals surface area contributed by atoms with E-state index in [0.717, 1.165) is 11.1 Å². The number of hydrogen-bond donors (Lipinski definition) is 1. The van der Waals surface area contributed by atoms with Crippen molar-refractivity contribution >= 4 is 0 Å². The van der Waals surface area contributed by atoms with Crippen LogP contribution in [-0.4, -0.2) is 19.1 Å². The second kappa shape index (κ2) is 6.67. The van der Waals surface area contributed by atoms with Gasteiger partial charge in [-0.2, -0.15) is 0 Å². The third-order valence-corrected chi connectivity index (χ3v) is 2.76. The Morgan fingerprint density at radius 3 is 2.47 bits per heavy atom. The number of benzene rings is 1. The van der Waals surface area contributed by atoms with E-state index in [4.69, 9.17) is 10.5 Å². The molecule has 2 atom stereocenters. The molecule has 0 saturated heterocycles. The summed E-state index contributed by atoms with van der Waals surface area (Å²) in [5, 5.41) is 0. The van der Waals surface area contributed by atoms with Crippen molar-refractivity contribution in [1.82, 2.24) is 0 Å². The number of nitrogens with two attached hydrogens (primary N) is 1. The summed E-state index contributed by atoms with van der Waals surface area (Å²) in [7, 11) is 0. The average Bonchev–Trinajstić information content (AvgIpc) is 2.30. The second-order valence-corrected chi connectivity index (χ2v) is 4.07. The van der Waals surface area contributed by atoms with Gasteiger partial charge in [-0.05, 0) is 24.5 Å². The molecule has 0 aliphatic carbocycles. The summed E-state index contributed by atoms with van der Waals surface area (Å²) in [6.07, 6.45) is -2.25. The van der Waals surface area contributed by atoms with Crippen molar-refractivity contribution in [2.24, 2.45) is 5.73 Å². The van der Waals surface area contributed by atoms with Crippen LogP contribution in [0.15, 0.2) is 24.3 Å². The van der Waals surface area contributed by atoms with Crippen molar-refractivity contribution < 1.29 is 13.5 Å². The molecule has 1 aromatic rings. The lowest BCUT2D eigenvalue weighted by Crippen LogP contribution is -2.31. The van der Waals surface area contributed by atoms with Crippen LogP contribution in [0.5, 0.6) is 0 Å². The first-order chi connectivity index (χ1) is 8.06. The number of alkyl halides is 2. The van der Waals surface area contributed by atoms with Gasteiger partial charge in [0.25, 0.3) is 6.43 Å². The third kappa shape index (κ3) is 4.06. The molecule has 0 saturated carbocycles. The summed E-state index contributed by atoms with van der Waals surface area (Å²) < 4.78 is 29.7. The van der Waals surface area contributed by atoms with Crippen LogP contribution in [0.2, 0.25) is 0 Å². The minimum atomic E-state index is -2.47. The van der Waals surface area contributed by atoms with Gasteiger partial charge in [0.15, 0.2) is 0 Å². The fraction of sp³-hybridized carbons (Fsp3) is 0.538. The van der Waals surface area contributed by atoms with Crippen molar-refractivity contribution in [1.29, 1.82) is 0 Å². The van der Waals surface area contributed by atoms with Crippen molar-refractivity contribution in [3.8, 4) is 0 Å². The van der Waals surface area contributed by atoms with Gasteiger partial charge in [-0.25, -0.2) is 8.78 Å². The molecule has 2 N–H and O–H groups in total. The van der Waals surface area contributed by atoms with E-state index in [9.17, 15) is 8.78 Å². The smallest absolute Gasteiger partial charge is 0.261 e. The topological polar surface area (TPSA) is 35.2 Å². The minimum absolute atomic E-state index is 0.269. The first-order valence-corrected chi connectivity index (χ1v) is 5.77. The molecule has 0 spiro atoms. The molecule has 0 heterocycles. The lowest BCUT2D eigenvalue weighted by Gasteiger charge is -2.25. The van der Waals surface area contributed by atoms with Crippen molar-refractivity contribution in [3.63, 3.8) is 0 Å². The van der Waals surface area contributed by atoms with Crippen LogP contribution in [0, 0.1) is 6.92 Å². The molecule has 96 valence electrons. The lowest BCUT2D eigenvalue weighted by molar-refractivity contribution is -0.0353. The number of ether oxygens (including phenoxy) is 1. The van der Waals surface area contributed by atoms with Gasteiger partial charge < -0.3 is 10.5 Å². The summed E-state index contributed by atoms with van der Waals surface area (Å²) in [5.41, 5.74) is 7.84. The Labute approximate surface area is 101 Å². The zero-order valence-corrected chi connectivity index (χ0v) is 10.2. The van der Waals surface area contributed by atoms with Gasteiger partial charge >= 0.3 is 0 Å². The Balaban J connectivity index is 2.86. The Morgan fingerprint density at radius 1 is 1.29 bits per heavy atom. The lowest BCUT2D eigenvalue weighted by atomic mass is 9.97. The van der Waals surface area contributed by atoms with Crippen LogP contribution in [0.25, 0.3) is 0 Å². The highest BCUT2D eigenvalue weighted by Gasteiger charge is 2.22. The van der Waals surface area contributed by atoms with E-state index in [1.54, 1.807) is 0 Å². The maximum absolute atomic E-state index is 12.2. The first-order valence-electron chi connectivity index (χ1n) is 5.77. The number of halogens is 2. The van der Waals surface area contributed by atoms with Crippen LogP contribution in [-0.2, 0) is 4.74 Å². The molecule has 2 nitrogen and oxygen atoms in total. The van der Waals surface area contributed by atoms with E-state index in [0.29, 0.717) is 6.42 Å². The summed E-state index contributed by atoms with van der Waals surface area (Å²) >= 11 is 0. The number of hydrogen-bond acceptors (Lipinski definition) is 2. The summed E-state index contributed by atoms with van der Waals surface area (Å²) in [5.74, 6) is 0. The maximum atomic E-state index is 12.2. The molecule has 1 aromatic carbocycles. The molecular weight excluding hydrogens is 224 g/mol. The molecule has 0 aliphatic rings. The minimum Gasteiger partial charge on any atom is -0.366 e. The number of aryl methyl sites for hydroxylation is 1. The predicted octanol–water partition coefficient (Wildman–Crippen LogP) is 3.06. The van der Waals surface area contributed by atoms with Crippen LogP contribution in [0.1, 0.15) is 30.6 Å². The fourth-order valence-electron chi connectivity index (χ4n) is 1.74.